The summed E-state index contributed by atoms with van der Waals surface area (Å²) < 4.78 is 26.6. The highest BCUT2D eigenvalue weighted by Gasteiger charge is 2.24. The number of benzene rings is 3. The first-order valence-electron chi connectivity index (χ1n) is 10.4. The molecule has 1 aromatic heterocycles. The van der Waals surface area contributed by atoms with E-state index in [2.05, 4.69) is 10.4 Å². The molecule has 2 atom stereocenters. The second kappa shape index (κ2) is 9.70. The van der Waals surface area contributed by atoms with Gasteiger partial charge in [0.05, 0.1) is 30.6 Å². The highest BCUT2D eigenvalue weighted by molar-refractivity contribution is 5.81. The maximum Gasteiger partial charge on any atom is 0.246 e. The number of aliphatic hydroxyl groups excluding tert-OH is 1. The summed E-state index contributed by atoms with van der Waals surface area (Å²) in [5.74, 6) is 0.448. The maximum absolute atomic E-state index is 13.3. The average molecular weight is 449 g/mol. The van der Waals surface area contributed by atoms with Crippen molar-refractivity contribution >= 4 is 16.8 Å². The zero-order chi connectivity index (χ0) is 23.4. The minimum atomic E-state index is -0.607. The molecule has 2 N–H and O–H groups in total. The number of amides is 1. The number of carbonyl (C=O) groups is 1. The van der Waals surface area contributed by atoms with Crippen LogP contribution in [0.5, 0.6) is 11.5 Å². The lowest BCUT2D eigenvalue weighted by atomic mass is 10.0. The van der Waals surface area contributed by atoms with E-state index in [0.29, 0.717) is 11.5 Å². The summed E-state index contributed by atoms with van der Waals surface area (Å²) >= 11 is 0. The van der Waals surface area contributed by atoms with Crippen LogP contribution >= 0.6 is 0 Å². The second-order valence-electron chi connectivity index (χ2n) is 7.58. The third-order valence-corrected chi connectivity index (χ3v) is 5.28. The minimum absolute atomic E-state index is 0.308. The summed E-state index contributed by atoms with van der Waals surface area (Å²) in [5, 5.41) is 17.1. The number of halogens is 1. The molecule has 8 heteroatoms. The standard InChI is InChI=1S/C25H24FN3O4/c1-16(28-24(31)15-30)25(17-4-3-5-21(12-17)32-2)33-22-10-11-23-18(13-22)14-27-29(23)20-8-6-19(26)7-9-20/h3-14,16,25,30H,15H2,1-2H3,(H,28,31)/t16-,25-/m0/s1. The summed E-state index contributed by atoms with van der Waals surface area (Å²) in [6.07, 6.45) is 1.17. The van der Waals surface area contributed by atoms with Crippen LogP contribution in [0.25, 0.3) is 16.6 Å². The van der Waals surface area contributed by atoms with Crippen LogP contribution in [0.2, 0.25) is 0 Å². The first kappa shape index (κ1) is 22.3. The molecule has 170 valence electrons. The molecule has 0 spiro atoms. The van der Waals surface area contributed by atoms with E-state index in [9.17, 15) is 9.18 Å². The first-order chi connectivity index (χ1) is 16.0. The molecule has 0 saturated heterocycles. The van der Waals surface area contributed by atoms with Gasteiger partial charge in [-0.05, 0) is 67.1 Å². The van der Waals surface area contributed by atoms with Crippen molar-refractivity contribution in [3.8, 4) is 17.2 Å². The molecule has 0 saturated carbocycles. The van der Waals surface area contributed by atoms with Crippen LogP contribution in [0.1, 0.15) is 18.6 Å². The van der Waals surface area contributed by atoms with Crippen molar-refractivity contribution in [3.05, 3.63) is 84.3 Å². The SMILES string of the molecule is COc1cccc([C@@H](Oc2ccc3c(cnn3-c3ccc(F)cc3)c2)[C@H](C)NC(=O)CO)c1. The number of aromatic nitrogens is 2. The van der Waals surface area contributed by atoms with E-state index in [1.54, 1.807) is 30.1 Å². The van der Waals surface area contributed by atoms with Gasteiger partial charge in [-0.15, -0.1) is 0 Å². The quantitative estimate of drug-likeness (QED) is 0.428. The highest BCUT2D eigenvalue weighted by atomic mass is 19.1. The normalized spacial score (nSPS) is 12.8. The van der Waals surface area contributed by atoms with E-state index < -0.39 is 24.7 Å². The molecule has 0 radical (unpaired) electrons. The Bertz CT molecular complexity index is 1260. The van der Waals surface area contributed by atoms with Crippen molar-refractivity contribution in [1.82, 2.24) is 15.1 Å². The van der Waals surface area contributed by atoms with Crippen molar-refractivity contribution < 1.29 is 23.8 Å². The highest BCUT2D eigenvalue weighted by Crippen LogP contribution is 2.30. The van der Waals surface area contributed by atoms with E-state index in [-0.39, 0.29) is 5.82 Å². The number of carbonyl (C=O) groups excluding carboxylic acids is 1. The Morgan fingerprint density at radius 3 is 2.64 bits per heavy atom. The Labute approximate surface area is 190 Å². The minimum Gasteiger partial charge on any atom is -0.497 e. The summed E-state index contributed by atoms with van der Waals surface area (Å²) in [6, 6.07) is 18.6. The van der Waals surface area contributed by atoms with Crippen LogP contribution in [0, 0.1) is 5.82 Å². The Kier molecular flexibility index (Phi) is 6.55. The third-order valence-electron chi connectivity index (χ3n) is 5.28. The van der Waals surface area contributed by atoms with Gasteiger partial charge in [0.2, 0.25) is 5.91 Å². The summed E-state index contributed by atoms with van der Waals surface area (Å²) in [6.45, 7) is 1.20. The lowest BCUT2D eigenvalue weighted by Gasteiger charge is -2.26. The summed E-state index contributed by atoms with van der Waals surface area (Å²) in [5.41, 5.74) is 2.39. The van der Waals surface area contributed by atoms with Gasteiger partial charge in [0.25, 0.3) is 0 Å². The number of methoxy groups -OCH3 is 1. The van der Waals surface area contributed by atoms with E-state index in [1.165, 1.54) is 12.1 Å². The fourth-order valence-electron chi connectivity index (χ4n) is 3.67. The van der Waals surface area contributed by atoms with E-state index in [0.717, 1.165) is 22.2 Å². The summed E-state index contributed by atoms with van der Waals surface area (Å²) in [4.78, 5) is 11.8. The zero-order valence-electron chi connectivity index (χ0n) is 18.2. The van der Waals surface area contributed by atoms with Gasteiger partial charge < -0.3 is 19.9 Å². The lowest BCUT2D eigenvalue weighted by Crippen LogP contribution is -2.40. The topological polar surface area (TPSA) is 85.6 Å². The number of rotatable bonds is 8. The van der Waals surface area contributed by atoms with Crippen LogP contribution in [-0.2, 0) is 4.79 Å². The number of ether oxygens (including phenoxy) is 2. The first-order valence-corrected chi connectivity index (χ1v) is 10.4. The van der Waals surface area contributed by atoms with Crippen molar-refractivity contribution in [2.75, 3.05) is 13.7 Å². The van der Waals surface area contributed by atoms with Gasteiger partial charge in [-0.1, -0.05) is 12.1 Å². The molecule has 4 rings (SSSR count). The lowest BCUT2D eigenvalue weighted by molar-refractivity contribution is -0.125. The van der Waals surface area contributed by atoms with Crippen LogP contribution < -0.4 is 14.8 Å². The molecule has 7 nitrogen and oxygen atoms in total. The monoisotopic (exact) mass is 449 g/mol. The fourth-order valence-corrected chi connectivity index (χ4v) is 3.67. The smallest absolute Gasteiger partial charge is 0.246 e. The molecule has 1 amide bonds. The van der Waals surface area contributed by atoms with Crippen molar-refractivity contribution in [2.24, 2.45) is 0 Å². The molecule has 0 aliphatic heterocycles. The number of nitrogens with one attached hydrogen (secondary N) is 1. The molecular weight excluding hydrogens is 425 g/mol. The van der Waals surface area contributed by atoms with Gasteiger partial charge >= 0.3 is 0 Å². The molecule has 3 aromatic carbocycles. The molecule has 0 aliphatic rings. The van der Waals surface area contributed by atoms with E-state index in [4.69, 9.17) is 14.6 Å². The second-order valence-corrected chi connectivity index (χ2v) is 7.58. The van der Waals surface area contributed by atoms with Crippen molar-refractivity contribution in [3.63, 3.8) is 0 Å². The molecule has 33 heavy (non-hydrogen) atoms. The van der Waals surface area contributed by atoms with Gasteiger partial charge in [-0.25, -0.2) is 9.07 Å². The van der Waals surface area contributed by atoms with Crippen LogP contribution in [-0.4, -0.2) is 40.6 Å². The molecule has 1 heterocycles. The van der Waals surface area contributed by atoms with Crippen LogP contribution in [0.4, 0.5) is 4.39 Å². The number of nitrogens with zero attached hydrogens (tertiary/aromatic N) is 2. The molecule has 0 unspecified atom stereocenters. The van der Waals surface area contributed by atoms with E-state index >= 15 is 0 Å². The van der Waals surface area contributed by atoms with E-state index in [1.807, 2.05) is 49.4 Å². The maximum atomic E-state index is 13.3. The predicted octanol–water partition coefficient (Wildman–Crippen LogP) is 3.79. The largest absolute Gasteiger partial charge is 0.497 e. The Morgan fingerprint density at radius 2 is 1.91 bits per heavy atom. The van der Waals surface area contributed by atoms with Crippen molar-refractivity contribution in [2.45, 2.75) is 19.1 Å². The van der Waals surface area contributed by atoms with Gasteiger partial charge in [0, 0.05) is 5.39 Å². The van der Waals surface area contributed by atoms with Gasteiger partial charge in [-0.2, -0.15) is 5.10 Å². The molecule has 0 fully saturated rings. The third kappa shape index (κ3) is 4.96. The average Bonchev–Trinajstić information content (AvgIpc) is 3.26. The zero-order valence-corrected chi connectivity index (χ0v) is 18.2. The Hall–Kier alpha value is -3.91. The Balaban J connectivity index is 1.65. The van der Waals surface area contributed by atoms with Gasteiger partial charge in [0.15, 0.2) is 0 Å². The molecule has 0 aliphatic carbocycles. The Morgan fingerprint density at radius 1 is 1.12 bits per heavy atom. The van der Waals surface area contributed by atoms with Crippen molar-refractivity contribution in [1.29, 1.82) is 0 Å². The number of fused-ring (bicyclic) bond motifs is 1. The number of aliphatic hydroxyl groups is 1. The van der Waals surface area contributed by atoms with Crippen LogP contribution in [0.3, 0.4) is 0 Å². The summed E-state index contributed by atoms with van der Waals surface area (Å²) in [7, 11) is 1.58. The van der Waals surface area contributed by atoms with Gasteiger partial charge in [0.1, 0.15) is 30.0 Å². The number of hydrogen-bond acceptors (Lipinski definition) is 5. The predicted molar refractivity (Wildman–Crippen MR) is 122 cm³/mol. The number of hydrogen-bond donors (Lipinski definition) is 2. The van der Waals surface area contributed by atoms with Crippen LogP contribution in [0.15, 0.2) is 72.9 Å². The molecule has 4 aromatic rings. The molecular formula is C25H24FN3O4. The fraction of sp³-hybridized carbons (Fsp3) is 0.200. The van der Waals surface area contributed by atoms with Gasteiger partial charge in [-0.3, -0.25) is 4.79 Å². The molecule has 0 bridgehead atoms.